The van der Waals surface area contributed by atoms with Crippen molar-refractivity contribution in [1.82, 2.24) is 20.0 Å². The highest BCUT2D eigenvalue weighted by molar-refractivity contribution is 7.89. The molecule has 0 radical (unpaired) electrons. The third-order valence-corrected chi connectivity index (χ3v) is 4.36. The molecule has 3 N–H and O–H groups in total. The predicted molar refractivity (Wildman–Crippen MR) is 76.6 cm³/mol. The van der Waals surface area contributed by atoms with Crippen LogP contribution in [0.5, 0.6) is 0 Å². The van der Waals surface area contributed by atoms with E-state index in [2.05, 4.69) is 20.0 Å². The maximum atomic E-state index is 12.2. The first-order valence-electron chi connectivity index (χ1n) is 6.24. The summed E-state index contributed by atoms with van der Waals surface area (Å²) in [7, 11) is -1.70. The second kappa shape index (κ2) is 6.17. The second-order valence-electron chi connectivity index (χ2n) is 4.52. The molecule has 20 heavy (non-hydrogen) atoms. The first-order chi connectivity index (χ1) is 9.53. The van der Waals surface area contributed by atoms with E-state index in [1.165, 1.54) is 6.20 Å². The summed E-state index contributed by atoms with van der Waals surface area (Å²) >= 11 is 0. The average Bonchev–Trinajstić information content (AvgIpc) is 2.88. The lowest BCUT2D eigenvalue weighted by molar-refractivity contribution is 0.581. The first kappa shape index (κ1) is 14.7. The molecule has 6 nitrogen and oxygen atoms in total. The zero-order chi connectivity index (χ0) is 14.6. The maximum absolute atomic E-state index is 12.2. The Labute approximate surface area is 118 Å². The molecular formula is C13H18N4O2S. The van der Waals surface area contributed by atoms with Crippen molar-refractivity contribution in [3.05, 3.63) is 47.5 Å². The molecule has 2 heterocycles. The van der Waals surface area contributed by atoms with E-state index in [0.717, 1.165) is 16.8 Å². The van der Waals surface area contributed by atoms with Gasteiger partial charge >= 0.3 is 0 Å². The van der Waals surface area contributed by atoms with Gasteiger partial charge in [-0.3, -0.25) is 4.98 Å². The summed E-state index contributed by atoms with van der Waals surface area (Å²) in [6.07, 6.45) is 4.86. The minimum absolute atomic E-state index is 0.245. The molecule has 0 aliphatic rings. The number of sulfonamides is 1. The van der Waals surface area contributed by atoms with Crippen LogP contribution in [0.2, 0.25) is 0 Å². The van der Waals surface area contributed by atoms with Gasteiger partial charge in [-0.1, -0.05) is 0 Å². The lowest BCUT2D eigenvalue weighted by atomic mass is 10.2. The van der Waals surface area contributed by atoms with E-state index in [1.807, 2.05) is 6.92 Å². The SMILES string of the molecule is CNCc1cc(S(=O)(=O)NCc2ccncc2C)c[nH]1. The van der Waals surface area contributed by atoms with Gasteiger partial charge in [0.15, 0.2) is 0 Å². The summed E-state index contributed by atoms with van der Waals surface area (Å²) in [4.78, 5) is 7.16. The normalized spacial score (nSPS) is 11.7. The van der Waals surface area contributed by atoms with Crippen molar-refractivity contribution in [3.63, 3.8) is 0 Å². The Morgan fingerprint density at radius 1 is 1.35 bits per heavy atom. The molecule has 0 aromatic carbocycles. The van der Waals surface area contributed by atoms with Gasteiger partial charge in [0.25, 0.3) is 0 Å². The molecule has 108 valence electrons. The van der Waals surface area contributed by atoms with Crippen molar-refractivity contribution < 1.29 is 8.42 Å². The summed E-state index contributed by atoms with van der Waals surface area (Å²) in [6.45, 7) is 2.75. The molecule has 2 aromatic heterocycles. The van der Waals surface area contributed by atoms with Gasteiger partial charge in [-0.2, -0.15) is 0 Å². The minimum Gasteiger partial charge on any atom is -0.363 e. The molecule has 2 aromatic rings. The van der Waals surface area contributed by atoms with Crippen molar-refractivity contribution in [1.29, 1.82) is 0 Å². The fourth-order valence-electron chi connectivity index (χ4n) is 1.82. The summed E-state index contributed by atoms with van der Waals surface area (Å²) in [6, 6.07) is 3.43. The molecule has 0 bridgehead atoms. The van der Waals surface area contributed by atoms with Gasteiger partial charge in [0, 0.05) is 37.4 Å². The topological polar surface area (TPSA) is 86.9 Å². The van der Waals surface area contributed by atoms with Crippen molar-refractivity contribution >= 4 is 10.0 Å². The summed E-state index contributed by atoms with van der Waals surface area (Å²) in [5.41, 5.74) is 2.70. The molecule has 7 heteroatoms. The largest absolute Gasteiger partial charge is 0.363 e. The Hall–Kier alpha value is -1.70. The Bertz CT molecular complexity index is 679. The van der Waals surface area contributed by atoms with Gasteiger partial charge < -0.3 is 10.3 Å². The van der Waals surface area contributed by atoms with Crippen LogP contribution in [0.3, 0.4) is 0 Å². The highest BCUT2D eigenvalue weighted by Crippen LogP contribution is 2.12. The van der Waals surface area contributed by atoms with Gasteiger partial charge in [-0.05, 0) is 37.2 Å². The van der Waals surface area contributed by atoms with E-state index in [-0.39, 0.29) is 11.4 Å². The third kappa shape index (κ3) is 3.44. The van der Waals surface area contributed by atoms with Crippen molar-refractivity contribution in [2.24, 2.45) is 0 Å². The molecule has 2 rings (SSSR count). The van der Waals surface area contributed by atoms with Crippen LogP contribution in [-0.2, 0) is 23.1 Å². The molecule has 0 spiro atoms. The van der Waals surface area contributed by atoms with Crippen LogP contribution in [0.1, 0.15) is 16.8 Å². The Kier molecular flexibility index (Phi) is 4.53. The monoisotopic (exact) mass is 294 g/mol. The van der Waals surface area contributed by atoms with E-state index < -0.39 is 10.0 Å². The third-order valence-electron chi connectivity index (χ3n) is 2.98. The van der Waals surface area contributed by atoms with Crippen LogP contribution in [-0.4, -0.2) is 25.4 Å². The van der Waals surface area contributed by atoms with E-state index in [9.17, 15) is 8.42 Å². The number of nitrogens with zero attached hydrogens (tertiary/aromatic N) is 1. The van der Waals surface area contributed by atoms with Gasteiger partial charge in [0.05, 0.1) is 4.90 Å². The van der Waals surface area contributed by atoms with Crippen LogP contribution in [0.15, 0.2) is 35.6 Å². The number of nitrogens with one attached hydrogen (secondary N) is 3. The molecule has 0 fully saturated rings. The van der Waals surface area contributed by atoms with Gasteiger partial charge in [0.1, 0.15) is 0 Å². The number of aromatic nitrogens is 2. The highest BCUT2D eigenvalue weighted by atomic mass is 32.2. The van der Waals surface area contributed by atoms with Crippen LogP contribution < -0.4 is 10.0 Å². The van der Waals surface area contributed by atoms with Gasteiger partial charge in [0.2, 0.25) is 10.0 Å². The number of rotatable bonds is 6. The van der Waals surface area contributed by atoms with Crippen LogP contribution in [0.4, 0.5) is 0 Å². The van der Waals surface area contributed by atoms with Gasteiger partial charge in [-0.25, -0.2) is 13.1 Å². The van der Waals surface area contributed by atoms with Crippen LogP contribution in [0.25, 0.3) is 0 Å². The number of hydrogen-bond acceptors (Lipinski definition) is 4. The second-order valence-corrected chi connectivity index (χ2v) is 6.28. The van der Waals surface area contributed by atoms with E-state index >= 15 is 0 Å². The average molecular weight is 294 g/mol. The molecule has 0 atom stereocenters. The van der Waals surface area contributed by atoms with Crippen molar-refractivity contribution in [2.75, 3.05) is 7.05 Å². The predicted octanol–water partition coefficient (Wildman–Crippen LogP) is 0.916. The molecule has 0 saturated heterocycles. The highest BCUT2D eigenvalue weighted by Gasteiger charge is 2.15. The zero-order valence-corrected chi connectivity index (χ0v) is 12.3. The number of aromatic amines is 1. The molecular weight excluding hydrogens is 276 g/mol. The molecule has 0 aliphatic heterocycles. The summed E-state index contributed by atoms with van der Waals surface area (Å²) in [5, 5.41) is 2.96. The molecule has 0 unspecified atom stereocenters. The standard InChI is InChI=1S/C13H18N4O2S/c1-10-6-15-4-3-11(10)7-17-20(18,19)13-5-12(8-14-2)16-9-13/h3-6,9,14,16-17H,7-8H2,1-2H3. The van der Waals surface area contributed by atoms with Crippen molar-refractivity contribution in [3.8, 4) is 0 Å². The Morgan fingerprint density at radius 2 is 2.15 bits per heavy atom. The number of pyridine rings is 1. The first-order valence-corrected chi connectivity index (χ1v) is 7.72. The smallest absolute Gasteiger partial charge is 0.242 e. The van der Waals surface area contributed by atoms with E-state index in [1.54, 1.807) is 31.6 Å². The summed E-state index contributed by atoms with van der Waals surface area (Å²) < 4.78 is 26.9. The lowest BCUT2D eigenvalue weighted by Gasteiger charge is -2.07. The molecule has 0 saturated carbocycles. The Morgan fingerprint density at radius 3 is 2.85 bits per heavy atom. The number of aryl methyl sites for hydroxylation is 1. The fraction of sp³-hybridized carbons (Fsp3) is 0.308. The molecule has 0 amide bonds. The van der Waals surface area contributed by atoms with Gasteiger partial charge in [-0.15, -0.1) is 0 Å². The number of H-pyrrole nitrogens is 1. The maximum Gasteiger partial charge on any atom is 0.242 e. The van der Waals surface area contributed by atoms with Crippen molar-refractivity contribution in [2.45, 2.75) is 24.9 Å². The molecule has 0 aliphatic carbocycles. The Balaban J connectivity index is 2.09. The fourth-order valence-corrected chi connectivity index (χ4v) is 2.85. The minimum atomic E-state index is -3.50. The lowest BCUT2D eigenvalue weighted by Crippen LogP contribution is -2.23. The quantitative estimate of drug-likeness (QED) is 0.739. The van der Waals surface area contributed by atoms with E-state index in [0.29, 0.717) is 6.54 Å². The number of hydrogen-bond donors (Lipinski definition) is 3. The summed E-state index contributed by atoms with van der Waals surface area (Å²) in [5.74, 6) is 0. The van der Waals surface area contributed by atoms with Crippen LogP contribution in [0, 0.1) is 6.92 Å². The van der Waals surface area contributed by atoms with E-state index in [4.69, 9.17) is 0 Å². The zero-order valence-electron chi connectivity index (χ0n) is 11.5. The van der Waals surface area contributed by atoms with Crippen LogP contribution >= 0.6 is 0 Å².